The zero-order valence-corrected chi connectivity index (χ0v) is 15.8. The van der Waals surface area contributed by atoms with Crippen LogP contribution in [0, 0.1) is 18.3 Å². The Labute approximate surface area is 158 Å². The fraction of sp³-hybridized carbons (Fsp3) is 0.421. The highest BCUT2D eigenvalue weighted by molar-refractivity contribution is 7.09. The van der Waals surface area contributed by atoms with Gasteiger partial charge in [0.1, 0.15) is 0 Å². The van der Waals surface area contributed by atoms with Crippen LogP contribution in [0.3, 0.4) is 0 Å². The van der Waals surface area contributed by atoms with E-state index in [1.165, 1.54) is 0 Å². The smallest absolute Gasteiger partial charge is 0.225 e. The van der Waals surface area contributed by atoms with E-state index in [0.717, 1.165) is 55.7 Å². The molecule has 0 bridgehead atoms. The van der Waals surface area contributed by atoms with Crippen molar-refractivity contribution in [1.82, 2.24) is 14.8 Å². The Balaban J connectivity index is 1.36. The van der Waals surface area contributed by atoms with E-state index in [0.29, 0.717) is 12.0 Å². The van der Waals surface area contributed by atoms with Gasteiger partial charge in [0.15, 0.2) is 0 Å². The summed E-state index contributed by atoms with van der Waals surface area (Å²) < 4.78 is 0. The number of rotatable bonds is 6. The van der Waals surface area contributed by atoms with Gasteiger partial charge < -0.3 is 10.2 Å². The molecule has 0 radical (unpaired) electrons. The number of aromatic nitrogens is 1. The Morgan fingerprint density at radius 2 is 1.92 bits per heavy atom. The monoisotopic (exact) mass is 369 g/mol. The molecular weight excluding hydrogens is 346 g/mol. The van der Waals surface area contributed by atoms with E-state index in [2.05, 4.69) is 31.5 Å². The number of nitrogens with zero attached hydrogens (tertiary/aromatic N) is 4. The van der Waals surface area contributed by atoms with Crippen molar-refractivity contribution in [2.24, 2.45) is 0 Å². The average molecular weight is 369 g/mol. The summed E-state index contributed by atoms with van der Waals surface area (Å²) in [5, 5.41) is 14.9. The molecule has 1 fully saturated rings. The SMILES string of the molecule is Cc1nc(CN2CCN(CCC(=O)Nc3ccc(C#N)cc3)CC2)cs1. The number of hydrogen-bond acceptors (Lipinski definition) is 6. The first-order valence-electron chi connectivity index (χ1n) is 8.78. The van der Waals surface area contributed by atoms with Crippen molar-refractivity contribution in [2.75, 3.05) is 38.0 Å². The lowest BCUT2D eigenvalue weighted by Crippen LogP contribution is -2.46. The third-order valence-electron chi connectivity index (χ3n) is 4.47. The summed E-state index contributed by atoms with van der Waals surface area (Å²) in [6, 6.07) is 9.00. The summed E-state index contributed by atoms with van der Waals surface area (Å²) in [7, 11) is 0. The van der Waals surface area contributed by atoms with Crippen molar-refractivity contribution in [3.05, 3.63) is 45.9 Å². The van der Waals surface area contributed by atoms with Crippen LogP contribution in [0.4, 0.5) is 5.69 Å². The normalized spacial score (nSPS) is 15.5. The Kier molecular flexibility index (Phi) is 6.34. The highest BCUT2D eigenvalue weighted by Crippen LogP contribution is 2.13. The number of carbonyl (C=O) groups is 1. The zero-order chi connectivity index (χ0) is 18.4. The third-order valence-corrected chi connectivity index (χ3v) is 5.29. The van der Waals surface area contributed by atoms with Crippen LogP contribution in [-0.2, 0) is 11.3 Å². The van der Waals surface area contributed by atoms with Crippen LogP contribution < -0.4 is 5.32 Å². The largest absolute Gasteiger partial charge is 0.326 e. The first-order chi connectivity index (χ1) is 12.6. The molecule has 2 aromatic rings. The molecule has 0 atom stereocenters. The quantitative estimate of drug-likeness (QED) is 0.847. The fourth-order valence-electron chi connectivity index (χ4n) is 2.99. The average Bonchev–Trinajstić information content (AvgIpc) is 3.06. The number of nitriles is 1. The van der Waals surface area contributed by atoms with Crippen molar-refractivity contribution in [2.45, 2.75) is 19.9 Å². The first-order valence-corrected chi connectivity index (χ1v) is 9.66. The molecule has 1 aliphatic rings. The van der Waals surface area contributed by atoms with Gasteiger partial charge in [-0.1, -0.05) is 0 Å². The van der Waals surface area contributed by atoms with E-state index in [1.54, 1.807) is 35.6 Å². The molecular formula is C19H23N5OS. The van der Waals surface area contributed by atoms with Gasteiger partial charge in [0.05, 0.1) is 22.3 Å². The lowest BCUT2D eigenvalue weighted by molar-refractivity contribution is -0.116. The van der Waals surface area contributed by atoms with E-state index < -0.39 is 0 Å². The fourth-order valence-corrected chi connectivity index (χ4v) is 3.60. The minimum Gasteiger partial charge on any atom is -0.326 e. The Hall–Kier alpha value is -2.27. The molecule has 0 spiro atoms. The van der Waals surface area contributed by atoms with Gasteiger partial charge in [-0.25, -0.2) is 4.98 Å². The van der Waals surface area contributed by atoms with Gasteiger partial charge in [-0.05, 0) is 31.2 Å². The predicted octanol–water partition coefficient (Wildman–Crippen LogP) is 2.47. The number of benzene rings is 1. The van der Waals surface area contributed by atoms with Crippen molar-refractivity contribution >= 4 is 22.9 Å². The van der Waals surface area contributed by atoms with Gasteiger partial charge in [0.25, 0.3) is 0 Å². The van der Waals surface area contributed by atoms with E-state index in [9.17, 15) is 4.79 Å². The van der Waals surface area contributed by atoms with Crippen LogP contribution in [0.2, 0.25) is 0 Å². The first kappa shape index (κ1) is 18.5. The van der Waals surface area contributed by atoms with Crippen molar-refractivity contribution in [3.8, 4) is 6.07 Å². The second-order valence-electron chi connectivity index (χ2n) is 6.46. The molecule has 1 saturated heterocycles. The second-order valence-corrected chi connectivity index (χ2v) is 7.53. The molecule has 0 saturated carbocycles. The van der Waals surface area contributed by atoms with Gasteiger partial charge in [0, 0.05) is 56.8 Å². The van der Waals surface area contributed by atoms with Crippen LogP contribution in [0.25, 0.3) is 0 Å². The summed E-state index contributed by atoms with van der Waals surface area (Å²) in [5.74, 6) is 0.00934. The Bertz CT molecular complexity index is 772. The van der Waals surface area contributed by atoms with E-state index in [1.807, 2.05) is 6.92 Å². The molecule has 1 N–H and O–H groups in total. The van der Waals surface area contributed by atoms with Crippen molar-refractivity contribution in [3.63, 3.8) is 0 Å². The number of aryl methyl sites for hydroxylation is 1. The van der Waals surface area contributed by atoms with Crippen LogP contribution in [0.1, 0.15) is 22.7 Å². The summed E-state index contributed by atoms with van der Waals surface area (Å²) in [6.07, 6.45) is 0.477. The van der Waals surface area contributed by atoms with Crippen molar-refractivity contribution < 1.29 is 4.79 Å². The molecule has 3 rings (SSSR count). The van der Waals surface area contributed by atoms with Gasteiger partial charge >= 0.3 is 0 Å². The van der Waals surface area contributed by atoms with E-state index in [4.69, 9.17) is 5.26 Å². The number of hydrogen-bond donors (Lipinski definition) is 1. The maximum absolute atomic E-state index is 12.1. The summed E-state index contributed by atoms with van der Waals surface area (Å²) >= 11 is 1.70. The topological polar surface area (TPSA) is 72.3 Å². The van der Waals surface area contributed by atoms with Crippen LogP contribution in [0.15, 0.2) is 29.6 Å². The molecule has 1 amide bonds. The number of piperazine rings is 1. The van der Waals surface area contributed by atoms with Gasteiger partial charge in [0.2, 0.25) is 5.91 Å². The highest BCUT2D eigenvalue weighted by Gasteiger charge is 2.18. The molecule has 6 nitrogen and oxygen atoms in total. The van der Waals surface area contributed by atoms with E-state index >= 15 is 0 Å². The van der Waals surface area contributed by atoms with Crippen LogP contribution in [-0.4, -0.2) is 53.4 Å². The maximum Gasteiger partial charge on any atom is 0.225 e. The molecule has 1 aromatic carbocycles. The van der Waals surface area contributed by atoms with Gasteiger partial charge in [-0.2, -0.15) is 5.26 Å². The molecule has 1 aromatic heterocycles. The molecule has 26 heavy (non-hydrogen) atoms. The van der Waals surface area contributed by atoms with Crippen LogP contribution >= 0.6 is 11.3 Å². The Morgan fingerprint density at radius 3 is 2.54 bits per heavy atom. The molecule has 7 heteroatoms. The summed E-state index contributed by atoms with van der Waals surface area (Å²) in [4.78, 5) is 21.4. The minimum atomic E-state index is 0.00934. The second kappa shape index (κ2) is 8.90. The minimum absolute atomic E-state index is 0.00934. The number of amides is 1. The van der Waals surface area contributed by atoms with Gasteiger partial charge in [-0.3, -0.25) is 9.69 Å². The predicted molar refractivity (Wildman–Crippen MR) is 103 cm³/mol. The molecule has 2 heterocycles. The summed E-state index contributed by atoms with van der Waals surface area (Å²) in [6.45, 7) is 7.69. The third kappa shape index (κ3) is 5.36. The van der Waals surface area contributed by atoms with Crippen molar-refractivity contribution in [1.29, 1.82) is 5.26 Å². The standard InChI is InChI=1S/C19H23N5OS/c1-15-21-18(14-26-15)13-24-10-8-23(9-11-24)7-6-19(25)22-17-4-2-16(12-20)3-5-17/h2-5,14H,6-11,13H2,1H3,(H,22,25). The lowest BCUT2D eigenvalue weighted by Gasteiger charge is -2.34. The zero-order valence-electron chi connectivity index (χ0n) is 14.9. The Morgan fingerprint density at radius 1 is 1.23 bits per heavy atom. The van der Waals surface area contributed by atoms with Gasteiger partial charge in [-0.15, -0.1) is 11.3 Å². The number of carbonyl (C=O) groups excluding carboxylic acids is 1. The molecule has 136 valence electrons. The highest BCUT2D eigenvalue weighted by atomic mass is 32.1. The number of anilines is 1. The van der Waals surface area contributed by atoms with Crippen LogP contribution in [0.5, 0.6) is 0 Å². The lowest BCUT2D eigenvalue weighted by atomic mass is 10.2. The maximum atomic E-state index is 12.1. The number of nitrogens with one attached hydrogen (secondary N) is 1. The molecule has 1 aliphatic heterocycles. The molecule has 0 unspecified atom stereocenters. The number of thiazole rings is 1. The summed E-state index contributed by atoms with van der Waals surface area (Å²) in [5.41, 5.74) is 2.48. The van der Waals surface area contributed by atoms with E-state index in [-0.39, 0.29) is 5.91 Å². The molecule has 0 aliphatic carbocycles.